The second-order valence-electron chi connectivity index (χ2n) is 6.92. The van der Waals surface area contributed by atoms with Crippen LogP contribution in [-0.4, -0.2) is 11.8 Å². The number of hydrogen-bond donors (Lipinski definition) is 2. The van der Waals surface area contributed by atoms with Gasteiger partial charge in [0.25, 0.3) is 5.91 Å². The fourth-order valence-corrected chi connectivity index (χ4v) is 3.74. The third kappa shape index (κ3) is 4.12. The van der Waals surface area contributed by atoms with Crippen molar-refractivity contribution in [1.29, 1.82) is 0 Å². The lowest BCUT2D eigenvalue weighted by molar-refractivity contribution is -0.117. The van der Waals surface area contributed by atoms with Crippen LogP contribution in [0.5, 0.6) is 0 Å². The van der Waals surface area contributed by atoms with Crippen LogP contribution in [0.4, 0.5) is 15.8 Å². The zero-order valence-corrected chi connectivity index (χ0v) is 16.1. The highest BCUT2D eigenvalue weighted by Crippen LogP contribution is 2.32. The number of hydrogen-bond acceptors (Lipinski definition) is 3. The molecular weight excluding hydrogens is 375 g/mol. The van der Waals surface area contributed by atoms with E-state index >= 15 is 0 Å². The van der Waals surface area contributed by atoms with Crippen molar-refractivity contribution in [2.75, 3.05) is 10.6 Å². The van der Waals surface area contributed by atoms with Crippen LogP contribution in [0.1, 0.15) is 28.1 Å². The van der Waals surface area contributed by atoms with Crippen LogP contribution in [0.3, 0.4) is 0 Å². The summed E-state index contributed by atoms with van der Waals surface area (Å²) in [6.45, 7) is 1.90. The molecule has 1 heterocycles. The second kappa shape index (κ2) is 7.56. The molecule has 0 radical (unpaired) electrons. The molecule has 4 rings (SSSR count). The molecule has 2 N–H and O–H groups in total. The van der Waals surface area contributed by atoms with Gasteiger partial charge in [-0.1, -0.05) is 18.2 Å². The molecule has 0 unspecified atom stereocenters. The Bertz CT molecular complexity index is 1040. The molecule has 1 fully saturated rings. The van der Waals surface area contributed by atoms with Gasteiger partial charge < -0.3 is 10.6 Å². The van der Waals surface area contributed by atoms with E-state index in [2.05, 4.69) is 10.6 Å². The SMILES string of the molecule is Cc1ccc(NC(=O)C2CC2)cc1NC(=O)c1ccc(-c2ccc(F)cc2)s1. The summed E-state index contributed by atoms with van der Waals surface area (Å²) in [5.41, 5.74) is 3.12. The fourth-order valence-electron chi connectivity index (χ4n) is 2.84. The van der Waals surface area contributed by atoms with Crippen LogP contribution in [0.25, 0.3) is 10.4 Å². The standard InChI is InChI=1S/C22H19FN2O2S/c1-13-2-9-17(24-21(26)15-3-4-15)12-18(13)25-22(27)20-11-10-19(28-20)14-5-7-16(23)8-6-14/h2,5-12,15H,3-4H2,1H3,(H,24,26)(H,25,27). The average molecular weight is 394 g/mol. The molecule has 1 aliphatic carbocycles. The Hall–Kier alpha value is -2.99. The normalized spacial score (nSPS) is 13.2. The van der Waals surface area contributed by atoms with Crippen molar-refractivity contribution < 1.29 is 14.0 Å². The van der Waals surface area contributed by atoms with Gasteiger partial charge in [0.1, 0.15) is 5.82 Å². The third-order valence-electron chi connectivity index (χ3n) is 4.66. The molecule has 0 saturated heterocycles. The summed E-state index contributed by atoms with van der Waals surface area (Å²) in [7, 11) is 0. The fraction of sp³-hybridized carbons (Fsp3) is 0.182. The van der Waals surface area contributed by atoms with E-state index in [9.17, 15) is 14.0 Å². The van der Waals surface area contributed by atoms with E-state index in [-0.39, 0.29) is 23.5 Å². The average Bonchev–Trinajstić information content (AvgIpc) is 3.42. The number of aryl methyl sites for hydroxylation is 1. The minimum atomic E-state index is -0.289. The van der Waals surface area contributed by atoms with Crippen LogP contribution in [-0.2, 0) is 4.79 Å². The molecule has 0 spiro atoms. The zero-order chi connectivity index (χ0) is 19.7. The Morgan fingerprint density at radius 3 is 2.46 bits per heavy atom. The molecule has 2 aromatic carbocycles. The Labute approximate surface area is 166 Å². The van der Waals surface area contributed by atoms with E-state index in [1.165, 1.54) is 23.5 Å². The maximum atomic E-state index is 13.1. The zero-order valence-electron chi connectivity index (χ0n) is 15.3. The number of carbonyl (C=O) groups is 2. The first-order valence-corrected chi connectivity index (χ1v) is 9.90. The van der Waals surface area contributed by atoms with E-state index in [0.717, 1.165) is 28.8 Å². The predicted molar refractivity (Wildman–Crippen MR) is 110 cm³/mol. The van der Waals surface area contributed by atoms with Gasteiger partial charge in [0.05, 0.1) is 4.88 Å². The second-order valence-corrected chi connectivity index (χ2v) is 8.00. The molecule has 2 amide bonds. The number of anilines is 2. The molecule has 1 aromatic heterocycles. The molecule has 0 bridgehead atoms. The lowest BCUT2D eigenvalue weighted by Crippen LogP contribution is -2.15. The molecular formula is C22H19FN2O2S. The van der Waals surface area contributed by atoms with Crippen molar-refractivity contribution >= 4 is 34.5 Å². The van der Waals surface area contributed by atoms with Gasteiger partial charge in [-0.05, 0) is 67.3 Å². The summed E-state index contributed by atoms with van der Waals surface area (Å²) in [5, 5.41) is 5.82. The molecule has 3 aromatic rings. The summed E-state index contributed by atoms with van der Waals surface area (Å²) in [4.78, 5) is 26.1. The highest BCUT2D eigenvalue weighted by Gasteiger charge is 2.29. The Balaban J connectivity index is 1.48. The molecule has 6 heteroatoms. The Morgan fingerprint density at radius 2 is 1.75 bits per heavy atom. The van der Waals surface area contributed by atoms with Crippen LogP contribution in [0.2, 0.25) is 0 Å². The van der Waals surface area contributed by atoms with Gasteiger partial charge in [-0.15, -0.1) is 11.3 Å². The number of thiophene rings is 1. The van der Waals surface area contributed by atoms with Gasteiger partial charge in [-0.2, -0.15) is 0 Å². The lowest BCUT2D eigenvalue weighted by atomic mass is 10.1. The smallest absolute Gasteiger partial charge is 0.265 e. The maximum Gasteiger partial charge on any atom is 0.265 e. The minimum Gasteiger partial charge on any atom is -0.326 e. The van der Waals surface area contributed by atoms with Crippen LogP contribution >= 0.6 is 11.3 Å². The number of amides is 2. The van der Waals surface area contributed by atoms with Gasteiger partial charge in [0, 0.05) is 22.2 Å². The summed E-state index contributed by atoms with van der Waals surface area (Å²) in [6, 6.07) is 15.3. The molecule has 1 aliphatic rings. The van der Waals surface area contributed by atoms with Crippen LogP contribution < -0.4 is 10.6 Å². The summed E-state index contributed by atoms with van der Waals surface area (Å²) in [5.74, 6) is -0.354. The Kier molecular flexibility index (Phi) is 4.96. The van der Waals surface area contributed by atoms with E-state index in [4.69, 9.17) is 0 Å². The first-order valence-electron chi connectivity index (χ1n) is 9.08. The van der Waals surface area contributed by atoms with Crippen LogP contribution in [0, 0.1) is 18.7 Å². The largest absolute Gasteiger partial charge is 0.326 e. The van der Waals surface area contributed by atoms with Gasteiger partial charge in [0.2, 0.25) is 5.91 Å². The number of nitrogens with one attached hydrogen (secondary N) is 2. The molecule has 1 saturated carbocycles. The van der Waals surface area contributed by atoms with Crippen molar-refractivity contribution in [1.82, 2.24) is 0 Å². The van der Waals surface area contributed by atoms with E-state index in [1.807, 2.05) is 25.1 Å². The lowest BCUT2D eigenvalue weighted by Gasteiger charge is -2.11. The van der Waals surface area contributed by atoms with Crippen molar-refractivity contribution in [2.45, 2.75) is 19.8 Å². The van der Waals surface area contributed by atoms with E-state index in [0.29, 0.717) is 16.3 Å². The maximum absolute atomic E-state index is 13.1. The summed E-state index contributed by atoms with van der Waals surface area (Å²) >= 11 is 1.35. The summed E-state index contributed by atoms with van der Waals surface area (Å²) < 4.78 is 13.1. The molecule has 142 valence electrons. The van der Waals surface area contributed by atoms with Gasteiger partial charge in [-0.25, -0.2) is 4.39 Å². The minimum absolute atomic E-state index is 0.0309. The Morgan fingerprint density at radius 1 is 1.00 bits per heavy atom. The quantitative estimate of drug-likeness (QED) is 0.603. The number of carbonyl (C=O) groups excluding carboxylic acids is 2. The van der Waals surface area contributed by atoms with Crippen molar-refractivity contribution in [3.05, 3.63) is 70.9 Å². The van der Waals surface area contributed by atoms with Gasteiger partial charge in [-0.3, -0.25) is 9.59 Å². The van der Waals surface area contributed by atoms with Crippen molar-refractivity contribution in [3.8, 4) is 10.4 Å². The number of halogens is 1. The van der Waals surface area contributed by atoms with Crippen molar-refractivity contribution in [3.63, 3.8) is 0 Å². The monoisotopic (exact) mass is 394 g/mol. The number of benzene rings is 2. The van der Waals surface area contributed by atoms with Gasteiger partial charge in [0.15, 0.2) is 0 Å². The molecule has 4 nitrogen and oxygen atoms in total. The predicted octanol–water partition coefficient (Wildman–Crippen LogP) is 5.46. The van der Waals surface area contributed by atoms with Crippen LogP contribution in [0.15, 0.2) is 54.6 Å². The number of rotatable bonds is 5. The van der Waals surface area contributed by atoms with E-state index in [1.54, 1.807) is 24.3 Å². The third-order valence-corrected chi connectivity index (χ3v) is 5.79. The topological polar surface area (TPSA) is 58.2 Å². The summed E-state index contributed by atoms with van der Waals surface area (Å²) in [6.07, 6.45) is 1.88. The first-order chi connectivity index (χ1) is 13.5. The van der Waals surface area contributed by atoms with Crippen molar-refractivity contribution in [2.24, 2.45) is 5.92 Å². The molecule has 0 atom stereocenters. The highest BCUT2D eigenvalue weighted by molar-refractivity contribution is 7.17. The van der Waals surface area contributed by atoms with Gasteiger partial charge >= 0.3 is 0 Å². The molecule has 28 heavy (non-hydrogen) atoms. The van der Waals surface area contributed by atoms with E-state index < -0.39 is 0 Å². The first kappa shape index (κ1) is 18.4. The molecule has 0 aliphatic heterocycles. The highest BCUT2D eigenvalue weighted by atomic mass is 32.1.